The van der Waals surface area contributed by atoms with E-state index in [0.29, 0.717) is 34.4 Å². The molecule has 0 saturated carbocycles. The Morgan fingerprint density at radius 3 is 2.71 bits per heavy atom. The number of carbonyl (C=O) groups is 2. The predicted octanol–water partition coefficient (Wildman–Crippen LogP) is 3.02. The molecule has 4 aromatic rings. The summed E-state index contributed by atoms with van der Waals surface area (Å²) in [5.74, 6) is 0.390. The SMILES string of the molecule is Cc1cc(C(=O)COC(=O)Cn2ncc3ccccc3c2=O)c(C)n1Cc1ccc2c(c1)OCO2. The summed E-state index contributed by atoms with van der Waals surface area (Å²) in [6.07, 6.45) is 1.52. The van der Waals surface area contributed by atoms with Gasteiger partial charge < -0.3 is 18.8 Å². The molecular formula is C26H23N3O6. The molecule has 1 aliphatic rings. The number of benzene rings is 2. The fourth-order valence-corrected chi connectivity index (χ4v) is 4.18. The number of nitrogens with zero attached hydrogens (tertiary/aromatic N) is 3. The smallest absolute Gasteiger partial charge is 0.328 e. The van der Waals surface area contributed by atoms with Crippen molar-refractivity contribution in [1.82, 2.24) is 14.3 Å². The Hall–Kier alpha value is -4.40. The Labute approximate surface area is 200 Å². The first kappa shape index (κ1) is 22.4. The number of aromatic nitrogens is 3. The van der Waals surface area contributed by atoms with Crippen molar-refractivity contribution in [2.45, 2.75) is 26.9 Å². The lowest BCUT2D eigenvalue weighted by atomic mass is 10.1. The molecule has 0 fully saturated rings. The first-order valence-electron chi connectivity index (χ1n) is 11.1. The van der Waals surface area contributed by atoms with Crippen LogP contribution in [-0.2, 0) is 22.6 Å². The number of carbonyl (C=O) groups excluding carboxylic acids is 2. The van der Waals surface area contributed by atoms with Gasteiger partial charge in [0.05, 0.1) is 11.6 Å². The molecule has 2 aromatic heterocycles. The summed E-state index contributed by atoms with van der Waals surface area (Å²) < 4.78 is 19.0. The number of esters is 1. The molecule has 0 N–H and O–H groups in total. The minimum absolute atomic E-state index is 0.212. The molecule has 0 unspecified atom stereocenters. The molecule has 0 spiro atoms. The van der Waals surface area contributed by atoms with Gasteiger partial charge in [-0.05, 0) is 43.7 Å². The van der Waals surface area contributed by atoms with Gasteiger partial charge in [-0.1, -0.05) is 24.3 Å². The number of ketones is 1. The topological polar surface area (TPSA) is 102 Å². The maximum Gasteiger partial charge on any atom is 0.328 e. The third-order valence-corrected chi connectivity index (χ3v) is 6.06. The molecule has 0 saturated heterocycles. The number of ether oxygens (including phenoxy) is 3. The Balaban J connectivity index is 1.24. The quantitative estimate of drug-likeness (QED) is 0.300. The van der Waals surface area contributed by atoms with Crippen molar-refractivity contribution < 1.29 is 23.8 Å². The van der Waals surface area contributed by atoms with E-state index < -0.39 is 18.1 Å². The summed E-state index contributed by atoms with van der Waals surface area (Å²) in [7, 11) is 0. The van der Waals surface area contributed by atoms with Crippen molar-refractivity contribution >= 4 is 22.5 Å². The number of hydrogen-bond acceptors (Lipinski definition) is 7. The third-order valence-electron chi connectivity index (χ3n) is 6.06. The van der Waals surface area contributed by atoms with Gasteiger partial charge in [0.1, 0.15) is 6.54 Å². The Kier molecular flexibility index (Phi) is 5.82. The summed E-state index contributed by atoms with van der Waals surface area (Å²) in [6.45, 7) is 3.74. The second-order valence-corrected chi connectivity index (χ2v) is 8.34. The van der Waals surface area contributed by atoms with Gasteiger partial charge in [-0.15, -0.1) is 0 Å². The lowest BCUT2D eigenvalue weighted by Crippen LogP contribution is -2.28. The average Bonchev–Trinajstić information content (AvgIpc) is 3.44. The fourth-order valence-electron chi connectivity index (χ4n) is 4.18. The highest BCUT2D eigenvalue weighted by molar-refractivity contribution is 5.99. The molecule has 3 heterocycles. The summed E-state index contributed by atoms with van der Waals surface area (Å²) >= 11 is 0. The zero-order valence-electron chi connectivity index (χ0n) is 19.3. The van der Waals surface area contributed by atoms with Crippen LogP contribution in [0.3, 0.4) is 0 Å². The third kappa shape index (κ3) is 4.40. The van der Waals surface area contributed by atoms with E-state index in [0.717, 1.165) is 21.6 Å². The monoisotopic (exact) mass is 473 g/mol. The Bertz CT molecular complexity index is 1520. The van der Waals surface area contributed by atoms with Gasteiger partial charge in [-0.2, -0.15) is 5.10 Å². The molecule has 0 aliphatic carbocycles. The first-order chi connectivity index (χ1) is 16.9. The van der Waals surface area contributed by atoms with Crippen LogP contribution in [0.5, 0.6) is 11.5 Å². The van der Waals surface area contributed by atoms with Crippen LogP contribution in [0.4, 0.5) is 0 Å². The van der Waals surface area contributed by atoms with E-state index >= 15 is 0 Å². The summed E-state index contributed by atoms with van der Waals surface area (Å²) in [4.78, 5) is 37.7. The van der Waals surface area contributed by atoms with Crippen LogP contribution < -0.4 is 15.0 Å². The zero-order valence-corrected chi connectivity index (χ0v) is 19.3. The number of Topliss-reactive ketones (excluding diaryl/α,β-unsaturated/α-hetero) is 1. The molecule has 5 rings (SSSR count). The van der Waals surface area contributed by atoms with Crippen molar-refractivity contribution in [3.05, 3.63) is 87.6 Å². The van der Waals surface area contributed by atoms with E-state index in [-0.39, 0.29) is 19.1 Å². The summed E-state index contributed by atoms with van der Waals surface area (Å²) in [5.41, 5.74) is 2.78. The molecule has 2 aromatic carbocycles. The fraction of sp³-hybridized carbons (Fsp3) is 0.231. The van der Waals surface area contributed by atoms with Crippen LogP contribution in [0.15, 0.2) is 59.5 Å². The minimum atomic E-state index is -0.711. The molecule has 178 valence electrons. The van der Waals surface area contributed by atoms with Crippen molar-refractivity contribution in [2.24, 2.45) is 0 Å². The van der Waals surface area contributed by atoms with Crippen LogP contribution in [-0.4, -0.2) is 39.5 Å². The molecule has 9 heteroatoms. The Morgan fingerprint density at radius 1 is 1.06 bits per heavy atom. The van der Waals surface area contributed by atoms with Gasteiger partial charge in [-0.25, -0.2) is 4.68 Å². The highest BCUT2D eigenvalue weighted by Crippen LogP contribution is 2.33. The largest absolute Gasteiger partial charge is 0.456 e. The highest BCUT2D eigenvalue weighted by atomic mass is 16.7. The van der Waals surface area contributed by atoms with Gasteiger partial charge in [-0.3, -0.25) is 14.4 Å². The van der Waals surface area contributed by atoms with Crippen LogP contribution in [0.2, 0.25) is 0 Å². The van der Waals surface area contributed by atoms with Crippen molar-refractivity contribution in [2.75, 3.05) is 13.4 Å². The van der Waals surface area contributed by atoms with Crippen molar-refractivity contribution in [3.63, 3.8) is 0 Å². The standard InChI is InChI=1S/C26H23N3O6/c1-16-9-21(17(2)28(16)12-18-7-8-23-24(10-18)35-15-34-23)22(30)14-33-25(31)13-29-26(32)20-6-4-3-5-19(20)11-27-29/h3-11H,12-15H2,1-2H3. The summed E-state index contributed by atoms with van der Waals surface area (Å²) in [6, 6.07) is 14.5. The van der Waals surface area contributed by atoms with Gasteiger partial charge >= 0.3 is 5.97 Å². The molecule has 1 aliphatic heterocycles. The number of aryl methyl sites for hydroxylation is 1. The van der Waals surface area contributed by atoms with Crippen LogP contribution in [0, 0.1) is 13.8 Å². The summed E-state index contributed by atoms with van der Waals surface area (Å²) in [5, 5.41) is 5.17. The second-order valence-electron chi connectivity index (χ2n) is 8.34. The first-order valence-corrected chi connectivity index (χ1v) is 11.1. The van der Waals surface area contributed by atoms with E-state index in [1.807, 2.05) is 36.6 Å². The van der Waals surface area contributed by atoms with E-state index in [9.17, 15) is 14.4 Å². The zero-order chi connectivity index (χ0) is 24.5. The average molecular weight is 473 g/mol. The predicted molar refractivity (Wildman–Crippen MR) is 127 cm³/mol. The maximum absolute atomic E-state index is 12.8. The van der Waals surface area contributed by atoms with E-state index in [2.05, 4.69) is 5.10 Å². The lowest BCUT2D eigenvalue weighted by molar-refractivity contribution is -0.143. The molecule has 9 nitrogen and oxygen atoms in total. The van der Waals surface area contributed by atoms with E-state index in [1.165, 1.54) is 6.20 Å². The van der Waals surface area contributed by atoms with Crippen molar-refractivity contribution in [3.8, 4) is 11.5 Å². The number of fused-ring (bicyclic) bond motifs is 2. The van der Waals surface area contributed by atoms with Gasteiger partial charge in [0.2, 0.25) is 12.6 Å². The van der Waals surface area contributed by atoms with E-state index in [1.54, 1.807) is 30.3 Å². The maximum atomic E-state index is 12.8. The van der Waals surface area contributed by atoms with Crippen molar-refractivity contribution in [1.29, 1.82) is 0 Å². The van der Waals surface area contributed by atoms with Gasteiger partial charge in [0.15, 0.2) is 18.1 Å². The molecule has 35 heavy (non-hydrogen) atoms. The van der Waals surface area contributed by atoms with E-state index in [4.69, 9.17) is 14.2 Å². The van der Waals surface area contributed by atoms with Gasteiger partial charge in [0.25, 0.3) is 5.56 Å². The second kappa shape index (κ2) is 9.09. The van der Waals surface area contributed by atoms with Crippen LogP contribution >= 0.6 is 0 Å². The molecule has 0 atom stereocenters. The minimum Gasteiger partial charge on any atom is -0.456 e. The number of hydrogen-bond donors (Lipinski definition) is 0. The normalized spacial score (nSPS) is 12.2. The number of rotatable bonds is 7. The molecule has 0 amide bonds. The lowest BCUT2D eigenvalue weighted by Gasteiger charge is -2.11. The van der Waals surface area contributed by atoms with Crippen LogP contribution in [0.25, 0.3) is 10.8 Å². The van der Waals surface area contributed by atoms with Crippen LogP contribution in [0.1, 0.15) is 27.3 Å². The van der Waals surface area contributed by atoms with Gasteiger partial charge in [0, 0.05) is 28.9 Å². The molecule has 0 radical (unpaired) electrons. The Morgan fingerprint density at radius 2 is 1.86 bits per heavy atom. The highest BCUT2D eigenvalue weighted by Gasteiger charge is 2.19. The molecular weight excluding hydrogens is 450 g/mol. The molecule has 0 bridgehead atoms.